The molecule has 1 aromatic carbocycles. The summed E-state index contributed by atoms with van der Waals surface area (Å²) >= 11 is 0. The van der Waals surface area contributed by atoms with Gasteiger partial charge in [0.25, 0.3) is 15.0 Å². The maximum Gasteiger partial charge on any atom is 0.251 e. The van der Waals surface area contributed by atoms with Crippen LogP contribution in [0.5, 0.6) is 5.75 Å². The summed E-state index contributed by atoms with van der Waals surface area (Å²) in [6, 6.07) is 6.38. The van der Waals surface area contributed by atoms with Gasteiger partial charge < -0.3 is 10.1 Å². The summed E-state index contributed by atoms with van der Waals surface area (Å²) in [5, 5.41) is 0.356. The Balaban J connectivity index is 3.04. The van der Waals surface area contributed by atoms with E-state index in [0.29, 0.717) is 5.75 Å². The lowest BCUT2D eigenvalue weighted by molar-refractivity contribution is -0.123. The number of hydrogen-bond donors (Lipinski definition) is 1. The minimum Gasteiger partial charge on any atom is -0.495 e. The summed E-state index contributed by atoms with van der Waals surface area (Å²) in [6.07, 6.45) is 0. The molecule has 6 nitrogen and oxygen atoms in total. The van der Waals surface area contributed by atoms with E-state index in [0.717, 1.165) is 6.92 Å². The van der Waals surface area contributed by atoms with Crippen LogP contribution < -0.4 is 10.1 Å². The molecule has 0 aliphatic heterocycles. The number of amides is 1. The third-order valence-corrected chi connectivity index (χ3v) is 3.90. The molecule has 8 heteroatoms. The Hall–Kier alpha value is -1.60. The predicted octanol–water partition coefficient (Wildman–Crippen LogP) is 1.16. The highest BCUT2D eigenvalue weighted by Gasteiger charge is 2.35. The van der Waals surface area contributed by atoms with E-state index in [4.69, 9.17) is 15.4 Å². The van der Waals surface area contributed by atoms with Gasteiger partial charge in [0.15, 0.2) is 5.78 Å². The molecular formula is C11H12ClNO5S. The molecule has 0 radical (unpaired) electrons. The minimum absolute atomic E-state index is 0.251. The average molecular weight is 306 g/mol. The monoisotopic (exact) mass is 305 g/mol. The van der Waals surface area contributed by atoms with Crippen LogP contribution in [0.3, 0.4) is 0 Å². The van der Waals surface area contributed by atoms with Crippen LogP contribution >= 0.6 is 10.7 Å². The highest BCUT2D eigenvalue weighted by atomic mass is 35.7. The number of para-hydroxylation sites is 2. The number of rotatable bonds is 5. The number of hydrogen-bond acceptors (Lipinski definition) is 5. The third kappa shape index (κ3) is 3.93. The highest BCUT2D eigenvalue weighted by molar-refractivity contribution is 8.15. The lowest BCUT2D eigenvalue weighted by Gasteiger charge is -2.13. The molecule has 1 amide bonds. The molecule has 0 saturated heterocycles. The normalized spacial score (nSPS) is 12.6. The summed E-state index contributed by atoms with van der Waals surface area (Å²) in [6.45, 7) is 0.979. The molecule has 0 aromatic heterocycles. The first-order chi connectivity index (χ1) is 8.77. The number of carbonyl (C=O) groups is 2. The van der Waals surface area contributed by atoms with E-state index in [2.05, 4.69) is 5.32 Å². The second-order valence-electron chi connectivity index (χ2n) is 3.66. The maximum atomic E-state index is 11.8. The van der Waals surface area contributed by atoms with Gasteiger partial charge in [0.2, 0.25) is 5.25 Å². The van der Waals surface area contributed by atoms with Gasteiger partial charge in [0.1, 0.15) is 5.75 Å². The summed E-state index contributed by atoms with van der Waals surface area (Å²) in [5.74, 6) is -1.54. The number of ether oxygens (including phenoxy) is 1. The molecular weight excluding hydrogens is 294 g/mol. The molecule has 1 atom stereocenters. The summed E-state index contributed by atoms with van der Waals surface area (Å²) in [7, 11) is 2.15. The molecule has 0 bridgehead atoms. The summed E-state index contributed by atoms with van der Waals surface area (Å²) < 4.78 is 27.4. The van der Waals surface area contributed by atoms with E-state index < -0.39 is 26.0 Å². The van der Waals surface area contributed by atoms with Crippen molar-refractivity contribution >= 4 is 37.1 Å². The molecule has 1 rings (SSSR count). The first kappa shape index (κ1) is 15.5. The minimum atomic E-state index is -4.33. The molecule has 0 aliphatic rings. The van der Waals surface area contributed by atoms with Gasteiger partial charge in [-0.25, -0.2) is 8.42 Å². The second-order valence-corrected chi connectivity index (χ2v) is 6.37. The smallest absolute Gasteiger partial charge is 0.251 e. The number of benzene rings is 1. The van der Waals surface area contributed by atoms with E-state index in [1.54, 1.807) is 18.2 Å². The molecule has 1 aromatic rings. The van der Waals surface area contributed by atoms with Gasteiger partial charge in [-0.3, -0.25) is 9.59 Å². The van der Waals surface area contributed by atoms with Crippen molar-refractivity contribution in [3.8, 4) is 5.75 Å². The fourth-order valence-corrected chi connectivity index (χ4v) is 2.79. The average Bonchev–Trinajstić information content (AvgIpc) is 2.27. The number of ketones is 1. The van der Waals surface area contributed by atoms with Gasteiger partial charge in [-0.1, -0.05) is 12.1 Å². The SMILES string of the molecule is COc1ccccc1NC(=O)C(C(C)=O)S(=O)(=O)Cl. The van der Waals surface area contributed by atoms with Crippen LogP contribution in [0, 0.1) is 0 Å². The van der Waals surface area contributed by atoms with E-state index >= 15 is 0 Å². The Morgan fingerprint density at radius 2 is 1.89 bits per heavy atom. The summed E-state index contributed by atoms with van der Waals surface area (Å²) in [5.41, 5.74) is 0.251. The first-order valence-electron chi connectivity index (χ1n) is 5.15. The van der Waals surface area contributed by atoms with Crippen LogP contribution in [-0.4, -0.2) is 32.5 Å². The predicted molar refractivity (Wildman–Crippen MR) is 70.9 cm³/mol. The van der Waals surface area contributed by atoms with Gasteiger partial charge in [-0.05, 0) is 19.1 Å². The Bertz CT molecular complexity index is 599. The number of anilines is 1. The quantitative estimate of drug-likeness (QED) is 0.651. The maximum absolute atomic E-state index is 11.8. The van der Waals surface area contributed by atoms with Crippen LogP contribution in [-0.2, 0) is 18.6 Å². The van der Waals surface area contributed by atoms with E-state index in [1.165, 1.54) is 13.2 Å². The Kier molecular flexibility index (Phi) is 4.90. The van der Waals surface area contributed by atoms with E-state index in [-0.39, 0.29) is 5.69 Å². The number of halogens is 1. The van der Waals surface area contributed by atoms with E-state index in [9.17, 15) is 18.0 Å². The largest absolute Gasteiger partial charge is 0.495 e. The lowest BCUT2D eigenvalue weighted by atomic mass is 10.2. The molecule has 0 aliphatic carbocycles. The number of methoxy groups -OCH3 is 1. The van der Waals surface area contributed by atoms with Gasteiger partial charge in [0, 0.05) is 10.7 Å². The zero-order valence-corrected chi connectivity index (χ0v) is 11.8. The molecule has 1 N–H and O–H groups in total. The van der Waals surface area contributed by atoms with Crippen molar-refractivity contribution in [3.63, 3.8) is 0 Å². The van der Waals surface area contributed by atoms with Crippen molar-refractivity contribution in [1.29, 1.82) is 0 Å². The van der Waals surface area contributed by atoms with E-state index in [1.807, 2.05) is 0 Å². The summed E-state index contributed by atoms with van der Waals surface area (Å²) in [4.78, 5) is 23.0. The van der Waals surface area contributed by atoms with Crippen LogP contribution in [0.15, 0.2) is 24.3 Å². The molecule has 0 heterocycles. The van der Waals surface area contributed by atoms with Crippen molar-refractivity contribution in [2.45, 2.75) is 12.2 Å². The van der Waals surface area contributed by atoms with Crippen molar-refractivity contribution in [2.75, 3.05) is 12.4 Å². The standard InChI is InChI=1S/C11H12ClNO5S/c1-7(14)10(19(12,16)17)11(15)13-8-5-3-4-6-9(8)18-2/h3-6,10H,1-2H3,(H,13,15). The van der Waals surface area contributed by atoms with Gasteiger partial charge in [-0.2, -0.15) is 0 Å². The van der Waals surface area contributed by atoms with Crippen molar-refractivity contribution in [2.24, 2.45) is 0 Å². The Labute approximate surface area is 115 Å². The fraction of sp³-hybridized carbons (Fsp3) is 0.273. The molecule has 19 heavy (non-hydrogen) atoms. The highest BCUT2D eigenvalue weighted by Crippen LogP contribution is 2.24. The third-order valence-electron chi connectivity index (χ3n) is 2.25. The van der Waals surface area contributed by atoms with Gasteiger partial charge in [-0.15, -0.1) is 0 Å². The molecule has 0 fully saturated rings. The second kappa shape index (κ2) is 6.03. The topological polar surface area (TPSA) is 89.5 Å². The number of Topliss-reactive ketones (excluding diaryl/α,β-unsaturated/α-hetero) is 1. The van der Waals surface area contributed by atoms with Crippen LogP contribution in [0.2, 0.25) is 0 Å². The molecule has 0 saturated carbocycles. The van der Waals surface area contributed by atoms with Gasteiger partial charge >= 0.3 is 0 Å². The number of carbonyl (C=O) groups excluding carboxylic acids is 2. The Morgan fingerprint density at radius 1 is 1.32 bits per heavy atom. The lowest BCUT2D eigenvalue weighted by Crippen LogP contribution is -2.38. The first-order valence-corrected chi connectivity index (χ1v) is 7.52. The molecule has 104 valence electrons. The van der Waals surface area contributed by atoms with Crippen LogP contribution in [0.1, 0.15) is 6.92 Å². The zero-order chi connectivity index (χ0) is 14.6. The van der Waals surface area contributed by atoms with Crippen molar-refractivity contribution in [1.82, 2.24) is 0 Å². The zero-order valence-electron chi connectivity index (χ0n) is 10.2. The van der Waals surface area contributed by atoms with Crippen LogP contribution in [0.25, 0.3) is 0 Å². The van der Waals surface area contributed by atoms with Crippen molar-refractivity contribution in [3.05, 3.63) is 24.3 Å². The van der Waals surface area contributed by atoms with Gasteiger partial charge in [0.05, 0.1) is 12.8 Å². The van der Waals surface area contributed by atoms with Crippen LogP contribution in [0.4, 0.5) is 5.69 Å². The molecule has 1 unspecified atom stereocenters. The number of nitrogens with one attached hydrogen (secondary N) is 1. The molecule has 0 spiro atoms. The Morgan fingerprint density at radius 3 is 2.37 bits per heavy atom. The fourth-order valence-electron chi connectivity index (χ4n) is 1.46. The van der Waals surface area contributed by atoms with Crippen molar-refractivity contribution < 1.29 is 22.7 Å².